The van der Waals surface area contributed by atoms with Gasteiger partial charge in [0, 0.05) is 17.5 Å². The third-order valence-electron chi connectivity index (χ3n) is 4.73. The minimum Gasteiger partial charge on any atom is -0.478 e. The average Bonchev–Trinajstić information content (AvgIpc) is 2.69. The topological polar surface area (TPSA) is 50.2 Å². The fraction of sp³-hybridized carbons (Fsp3) is 0.304. The number of rotatable bonds is 8. The van der Waals surface area contributed by atoms with Crippen molar-refractivity contribution in [1.29, 1.82) is 0 Å². The van der Waals surface area contributed by atoms with Gasteiger partial charge in [0.25, 0.3) is 0 Å². The fourth-order valence-corrected chi connectivity index (χ4v) is 4.19. The van der Waals surface area contributed by atoms with Crippen molar-refractivity contribution in [1.82, 2.24) is 4.98 Å². The molecule has 0 amide bonds. The maximum absolute atomic E-state index is 11.7. The molecule has 0 aliphatic heterocycles. The van der Waals surface area contributed by atoms with Gasteiger partial charge >= 0.3 is 5.97 Å². The predicted molar refractivity (Wildman–Crippen MR) is 113 cm³/mol. The molecule has 0 aliphatic carbocycles. The number of pyridine rings is 1. The van der Waals surface area contributed by atoms with Crippen LogP contribution >= 0.6 is 11.8 Å². The van der Waals surface area contributed by atoms with Crippen LogP contribution < -0.4 is 0 Å². The molecule has 1 aromatic heterocycles. The van der Waals surface area contributed by atoms with Gasteiger partial charge in [-0.3, -0.25) is 0 Å². The lowest BCUT2D eigenvalue weighted by molar-refractivity contribution is 0.0696. The summed E-state index contributed by atoms with van der Waals surface area (Å²) in [6.45, 7) is 4.33. The van der Waals surface area contributed by atoms with Crippen LogP contribution in [0, 0.1) is 0 Å². The summed E-state index contributed by atoms with van der Waals surface area (Å²) in [6.07, 6.45) is 3.69. The van der Waals surface area contributed by atoms with Crippen molar-refractivity contribution in [2.75, 3.05) is 5.75 Å². The Morgan fingerprint density at radius 3 is 2.44 bits per heavy atom. The number of carboxylic acids is 1. The molecular weight excluding hydrogens is 354 g/mol. The van der Waals surface area contributed by atoms with Gasteiger partial charge in [-0.1, -0.05) is 62.7 Å². The Hall–Kier alpha value is -2.33. The molecule has 0 radical (unpaired) electrons. The Morgan fingerprint density at radius 1 is 1.04 bits per heavy atom. The zero-order valence-corrected chi connectivity index (χ0v) is 16.7. The SMILES string of the molecule is CCCCc1nc(SCC)c2ccccc2c1Cc1ccccc1C(=O)O. The van der Waals surface area contributed by atoms with E-state index in [9.17, 15) is 9.90 Å². The van der Waals surface area contributed by atoms with E-state index in [1.165, 1.54) is 5.39 Å². The number of benzene rings is 2. The number of aromatic nitrogens is 1. The molecule has 1 N–H and O–H groups in total. The van der Waals surface area contributed by atoms with Gasteiger partial charge < -0.3 is 5.11 Å². The quantitative estimate of drug-likeness (QED) is 0.489. The lowest BCUT2D eigenvalue weighted by Gasteiger charge is -2.16. The van der Waals surface area contributed by atoms with E-state index in [4.69, 9.17) is 4.98 Å². The number of hydrogen-bond acceptors (Lipinski definition) is 3. The van der Waals surface area contributed by atoms with Crippen LogP contribution in [0.3, 0.4) is 0 Å². The normalized spacial score (nSPS) is 11.0. The summed E-state index contributed by atoms with van der Waals surface area (Å²) in [6, 6.07) is 15.6. The maximum Gasteiger partial charge on any atom is 0.335 e. The summed E-state index contributed by atoms with van der Waals surface area (Å²) in [5.41, 5.74) is 3.47. The summed E-state index contributed by atoms with van der Waals surface area (Å²) >= 11 is 1.77. The molecule has 0 fully saturated rings. The fourth-order valence-electron chi connectivity index (χ4n) is 3.41. The molecule has 140 valence electrons. The van der Waals surface area contributed by atoms with E-state index >= 15 is 0 Å². The number of aryl methyl sites for hydroxylation is 1. The van der Waals surface area contributed by atoms with Crippen LogP contribution in [-0.2, 0) is 12.8 Å². The van der Waals surface area contributed by atoms with Crippen molar-refractivity contribution >= 4 is 28.5 Å². The Bertz CT molecular complexity index is 952. The summed E-state index contributed by atoms with van der Waals surface area (Å²) in [7, 11) is 0. The number of hydrogen-bond donors (Lipinski definition) is 1. The second-order valence-corrected chi connectivity index (χ2v) is 7.82. The van der Waals surface area contributed by atoms with E-state index in [1.54, 1.807) is 23.9 Å². The number of carboxylic acid groups (broad SMARTS) is 1. The Kier molecular flexibility index (Phi) is 6.51. The highest BCUT2D eigenvalue weighted by Gasteiger charge is 2.17. The molecule has 1 heterocycles. The number of thioether (sulfide) groups is 1. The second kappa shape index (κ2) is 9.05. The number of aromatic carboxylic acids is 1. The van der Waals surface area contributed by atoms with Crippen LogP contribution in [0.25, 0.3) is 10.8 Å². The Labute approximate surface area is 164 Å². The molecule has 3 nitrogen and oxygen atoms in total. The minimum atomic E-state index is -0.879. The molecule has 3 aromatic rings. The molecule has 2 aromatic carbocycles. The van der Waals surface area contributed by atoms with Gasteiger partial charge in [0.2, 0.25) is 0 Å². The van der Waals surface area contributed by atoms with Crippen molar-refractivity contribution in [3.63, 3.8) is 0 Å². The molecule has 4 heteroatoms. The van der Waals surface area contributed by atoms with E-state index in [2.05, 4.69) is 32.0 Å². The van der Waals surface area contributed by atoms with Crippen molar-refractivity contribution < 1.29 is 9.90 Å². The Balaban J connectivity index is 2.18. The van der Waals surface area contributed by atoms with Gasteiger partial charge in [0.05, 0.1) is 5.56 Å². The van der Waals surface area contributed by atoms with E-state index < -0.39 is 5.97 Å². The zero-order chi connectivity index (χ0) is 19.2. The average molecular weight is 380 g/mol. The first-order valence-electron chi connectivity index (χ1n) is 9.50. The van der Waals surface area contributed by atoms with Crippen LogP contribution in [0.5, 0.6) is 0 Å². The molecule has 0 saturated carbocycles. The van der Waals surface area contributed by atoms with Gasteiger partial charge in [0.15, 0.2) is 0 Å². The highest BCUT2D eigenvalue weighted by molar-refractivity contribution is 7.99. The van der Waals surface area contributed by atoms with E-state index in [0.29, 0.717) is 12.0 Å². The van der Waals surface area contributed by atoms with Crippen molar-refractivity contribution in [3.8, 4) is 0 Å². The monoisotopic (exact) mass is 379 g/mol. The van der Waals surface area contributed by atoms with E-state index in [0.717, 1.165) is 52.2 Å². The maximum atomic E-state index is 11.7. The van der Waals surface area contributed by atoms with Gasteiger partial charge in [-0.25, -0.2) is 9.78 Å². The summed E-state index contributed by atoms with van der Waals surface area (Å²) in [5, 5.41) is 13.0. The molecule has 0 aliphatic rings. The summed E-state index contributed by atoms with van der Waals surface area (Å²) < 4.78 is 0. The lowest BCUT2D eigenvalue weighted by Crippen LogP contribution is -2.07. The van der Waals surface area contributed by atoms with Crippen molar-refractivity contribution in [2.24, 2.45) is 0 Å². The Morgan fingerprint density at radius 2 is 1.74 bits per heavy atom. The molecule has 0 atom stereocenters. The third kappa shape index (κ3) is 4.33. The molecule has 0 unspecified atom stereocenters. The van der Waals surface area contributed by atoms with Gasteiger partial charge in [0.1, 0.15) is 5.03 Å². The standard InChI is InChI=1S/C23H25NO2S/c1-3-5-14-21-20(15-16-10-6-7-11-17(16)23(25)26)18-12-8-9-13-19(18)22(24-21)27-4-2/h6-13H,3-5,14-15H2,1-2H3,(H,25,26). The largest absolute Gasteiger partial charge is 0.478 e. The van der Waals surface area contributed by atoms with Crippen molar-refractivity contribution in [3.05, 3.63) is 70.9 Å². The molecule has 0 saturated heterocycles. The second-order valence-electron chi connectivity index (χ2n) is 6.56. The predicted octanol–water partition coefficient (Wildman–Crippen LogP) is 5.98. The molecule has 27 heavy (non-hydrogen) atoms. The molecular formula is C23H25NO2S. The van der Waals surface area contributed by atoms with Crippen LogP contribution in [0.4, 0.5) is 0 Å². The van der Waals surface area contributed by atoms with Gasteiger partial charge in [-0.05, 0) is 41.2 Å². The van der Waals surface area contributed by atoms with Crippen molar-refractivity contribution in [2.45, 2.75) is 44.6 Å². The number of fused-ring (bicyclic) bond motifs is 1. The van der Waals surface area contributed by atoms with Crippen LogP contribution in [-0.4, -0.2) is 21.8 Å². The number of carbonyl (C=O) groups is 1. The number of nitrogens with zero attached hydrogens (tertiary/aromatic N) is 1. The summed E-state index contributed by atoms with van der Waals surface area (Å²) in [5.74, 6) is 0.0990. The molecule has 3 rings (SSSR count). The minimum absolute atomic E-state index is 0.370. The zero-order valence-electron chi connectivity index (χ0n) is 15.9. The van der Waals surface area contributed by atoms with E-state index in [-0.39, 0.29) is 0 Å². The van der Waals surface area contributed by atoms with E-state index in [1.807, 2.05) is 18.2 Å². The van der Waals surface area contributed by atoms with Crippen LogP contribution in [0.1, 0.15) is 53.9 Å². The first-order chi connectivity index (χ1) is 13.2. The number of unbranched alkanes of at least 4 members (excludes halogenated alkanes) is 1. The third-order valence-corrected chi connectivity index (χ3v) is 5.60. The lowest BCUT2D eigenvalue weighted by atomic mass is 9.93. The first-order valence-corrected chi connectivity index (χ1v) is 10.5. The molecule has 0 spiro atoms. The molecule has 0 bridgehead atoms. The smallest absolute Gasteiger partial charge is 0.335 e. The highest BCUT2D eigenvalue weighted by atomic mass is 32.2. The van der Waals surface area contributed by atoms with Crippen LogP contribution in [0.15, 0.2) is 53.6 Å². The van der Waals surface area contributed by atoms with Gasteiger partial charge in [-0.2, -0.15) is 0 Å². The highest BCUT2D eigenvalue weighted by Crippen LogP contribution is 2.32. The first kappa shape index (κ1) is 19.4. The van der Waals surface area contributed by atoms with Crippen LogP contribution in [0.2, 0.25) is 0 Å². The summed E-state index contributed by atoms with van der Waals surface area (Å²) in [4.78, 5) is 16.7. The van der Waals surface area contributed by atoms with Gasteiger partial charge in [-0.15, -0.1) is 11.8 Å².